The van der Waals surface area contributed by atoms with E-state index in [4.69, 9.17) is 4.42 Å². The fourth-order valence-electron chi connectivity index (χ4n) is 0.829. The van der Waals surface area contributed by atoms with Crippen LogP contribution < -0.4 is 0 Å². The maximum absolute atomic E-state index is 12.8. The van der Waals surface area contributed by atoms with Crippen LogP contribution in [0.4, 0.5) is 4.39 Å². The number of halogens is 1. The van der Waals surface area contributed by atoms with Crippen molar-refractivity contribution >= 4 is 0 Å². The Morgan fingerprint density at radius 1 is 1.40 bits per heavy atom. The molecule has 1 heterocycles. The van der Waals surface area contributed by atoms with Gasteiger partial charge in [-0.15, -0.1) is 0 Å². The highest BCUT2D eigenvalue weighted by molar-refractivity contribution is 5.11. The van der Waals surface area contributed by atoms with Crippen molar-refractivity contribution in [1.82, 2.24) is 0 Å². The van der Waals surface area contributed by atoms with Crippen molar-refractivity contribution in [2.45, 2.75) is 26.2 Å². The van der Waals surface area contributed by atoms with Gasteiger partial charge in [0, 0.05) is 11.5 Å². The van der Waals surface area contributed by atoms with Crippen molar-refractivity contribution in [3.05, 3.63) is 23.9 Å². The van der Waals surface area contributed by atoms with Crippen molar-refractivity contribution in [2.24, 2.45) is 0 Å². The Labute approximate surface area is 59.9 Å². The van der Waals surface area contributed by atoms with Gasteiger partial charge >= 0.3 is 0 Å². The van der Waals surface area contributed by atoms with Crippen molar-refractivity contribution in [3.63, 3.8) is 0 Å². The van der Waals surface area contributed by atoms with Crippen LogP contribution in [0.3, 0.4) is 0 Å². The SMILES string of the molecule is CC(C)(C)c1occc1F. The molecule has 0 fully saturated rings. The molecule has 0 saturated carbocycles. The monoisotopic (exact) mass is 142 g/mol. The molecule has 0 aliphatic heterocycles. The summed E-state index contributed by atoms with van der Waals surface area (Å²) in [6, 6.07) is 1.33. The van der Waals surface area contributed by atoms with E-state index in [1.807, 2.05) is 20.8 Å². The molecular formula is C8H11FO. The minimum atomic E-state index is -0.257. The van der Waals surface area contributed by atoms with E-state index in [1.165, 1.54) is 12.3 Å². The molecule has 2 heteroatoms. The van der Waals surface area contributed by atoms with Gasteiger partial charge < -0.3 is 4.42 Å². The number of rotatable bonds is 0. The van der Waals surface area contributed by atoms with Crippen LogP contribution in [0.5, 0.6) is 0 Å². The molecule has 0 spiro atoms. The normalized spacial score (nSPS) is 12.0. The molecule has 1 nitrogen and oxygen atoms in total. The third-order valence-electron chi connectivity index (χ3n) is 1.30. The summed E-state index contributed by atoms with van der Waals surface area (Å²) >= 11 is 0. The molecular weight excluding hydrogens is 131 g/mol. The maximum atomic E-state index is 12.8. The van der Waals surface area contributed by atoms with Crippen molar-refractivity contribution in [3.8, 4) is 0 Å². The summed E-state index contributed by atoms with van der Waals surface area (Å²) in [7, 11) is 0. The first-order chi connectivity index (χ1) is 4.52. The average molecular weight is 142 g/mol. The Kier molecular flexibility index (Phi) is 1.55. The molecule has 0 aliphatic rings. The summed E-state index contributed by atoms with van der Waals surface area (Å²) in [5.74, 6) is 0.167. The Bertz CT molecular complexity index is 219. The van der Waals surface area contributed by atoms with Crippen LogP contribution in [0.15, 0.2) is 16.7 Å². The zero-order valence-corrected chi connectivity index (χ0v) is 6.44. The van der Waals surface area contributed by atoms with Gasteiger partial charge in [0.2, 0.25) is 0 Å². The standard InChI is InChI=1S/C8H11FO/c1-8(2,3)7-6(9)4-5-10-7/h4-5H,1-3H3. The van der Waals surface area contributed by atoms with Gasteiger partial charge in [-0.3, -0.25) is 0 Å². The van der Waals surface area contributed by atoms with E-state index in [-0.39, 0.29) is 11.2 Å². The summed E-state index contributed by atoms with van der Waals surface area (Å²) in [4.78, 5) is 0. The fraction of sp³-hybridized carbons (Fsp3) is 0.500. The fourth-order valence-corrected chi connectivity index (χ4v) is 0.829. The van der Waals surface area contributed by atoms with E-state index in [1.54, 1.807) is 0 Å². The highest BCUT2D eigenvalue weighted by Gasteiger charge is 2.21. The van der Waals surface area contributed by atoms with Crippen LogP contribution in [0, 0.1) is 5.82 Å². The molecule has 1 rings (SSSR count). The van der Waals surface area contributed by atoms with Gasteiger partial charge in [0.05, 0.1) is 6.26 Å². The first-order valence-electron chi connectivity index (χ1n) is 3.25. The van der Waals surface area contributed by atoms with Crippen LogP contribution in [-0.2, 0) is 5.41 Å². The molecule has 0 aliphatic carbocycles. The van der Waals surface area contributed by atoms with Crippen LogP contribution in [0.25, 0.3) is 0 Å². The molecule has 0 atom stereocenters. The van der Waals surface area contributed by atoms with Gasteiger partial charge in [-0.1, -0.05) is 20.8 Å². The number of hydrogen-bond donors (Lipinski definition) is 0. The van der Waals surface area contributed by atoms with E-state index >= 15 is 0 Å². The molecule has 10 heavy (non-hydrogen) atoms. The summed E-state index contributed by atoms with van der Waals surface area (Å²) in [5, 5.41) is 0. The molecule has 1 aromatic rings. The lowest BCUT2D eigenvalue weighted by molar-refractivity contribution is 0.381. The summed E-state index contributed by atoms with van der Waals surface area (Å²) < 4.78 is 17.7. The lowest BCUT2D eigenvalue weighted by Gasteiger charge is -2.13. The highest BCUT2D eigenvalue weighted by atomic mass is 19.1. The molecule has 0 N–H and O–H groups in total. The van der Waals surface area contributed by atoms with Crippen LogP contribution in [0.1, 0.15) is 26.5 Å². The second kappa shape index (κ2) is 2.11. The smallest absolute Gasteiger partial charge is 0.165 e. The van der Waals surface area contributed by atoms with Crippen molar-refractivity contribution in [2.75, 3.05) is 0 Å². The Balaban J connectivity index is 3.05. The zero-order valence-electron chi connectivity index (χ0n) is 6.44. The second-order valence-electron chi connectivity index (χ2n) is 3.35. The van der Waals surface area contributed by atoms with Gasteiger partial charge in [0.25, 0.3) is 0 Å². The molecule has 1 aromatic heterocycles. The Morgan fingerprint density at radius 2 is 2.00 bits per heavy atom. The number of furan rings is 1. The first kappa shape index (κ1) is 7.32. The summed E-state index contributed by atoms with van der Waals surface area (Å²) in [6.45, 7) is 5.73. The Morgan fingerprint density at radius 3 is 2.20 bits per heavy atom. The molecule has 56 valence electrons. The second-order valence-corrected chi connectivity index (χ2v) is 3.35. The molecule has 0 aromatic carbocycles. The molecule has 0 saturated heterocycles. The Hall–Kier alpha value is -0.790. The molecule has 0 unspecified atom stereocenters. The van der Waals surface area contributed by atoms with Gasteiger partial charge in [-0.05, 0) is 0 Å². The number of hydrogen-bond acceptors (Lipinski definition) is 1. The van der Waals surface area contributed by atoms with Gasteiger partial charge in [0.1, 0.15) is 5.76 Å². The van der Waals surface area contributed by atoms with Gasteiger partial charge in [-0.25, -0.2) is 4.39 Å². The third-order valence-corrected chi connectivity index (χ3v) is 1.30. The maximum Gasteiger partial charge on any atom is 0.165 e. The van der Waals surface area contributed by atoms with E-state index in [0.29, 0.717) is 5.76 Å². The quantitative estimate of drug-likeness (QED) is 0.542. The molecule has 0 amide bonds. The average Bonchev–Trinajstić information content (AvgIpc) is 2.11. The first-order valence-corrected chi connectivity index (χ1v) is 3.25. The van der Waals surface area contributed by atoms with Crippen LogP contribution >= 0.6 is 0 Å². The lowest BCUT2D eigenvalue weighted by Crippen LogP contribution is -2.11. The summed E-state index contributed by atoms with van der Waals surface area (Å²) in [5.41, 5.74) is -0.229. The third kappa shape index (κ3) is 1.20. The predicted molar refractivity (Wildman–Crippen MR) is 37.4 cm³/mol. The topological polar surface area (TPSA) is 13.1 Å². The largest absolute Gasteiger partial charge is 0.466 e. The minimum absolute atomic E-state index is 0.229. The van der Waals surface area contributed by atoms with Crippen molar-refractivity contribution < 1.29 is 8.81 Å². The van der Waals surface area contributed by atoms with Crippen LogP contribution in [-0.4, -0.2) is 0 Å². The molecule has 0 bridgehead atoms. The predicted octanol–water partition coefficient (Wildman–Crippen LogP) is 2.72. The zero-order chi connectivity index (χ0) is 7.78. The van der Waals surface area contributed by atoms with E-state index < -0.39 is 0 Å². The van der Waals surface area contributed by atoms with E-state index in [9.17, 15) is 4.39 Å². The summed E-state index contributed by atoms with van der Waals surface area (Å²) in [6.07, 6.45) is 1.37. The van der Waals surface area contributed by atoms with Gasteiger partial charge in [0.15, 0.2) is 5.82 Å². The van der Waals surface area contributed by atoms with E-state index in [0.717, 1.165) is 0 Å². The van der Waals surface area contributed by atoms with Gasteiger partial charge in [-0.2, -0.15) is 0 Å². The lowest BCUT2D eigenvalue weighted by atomic mass is 9.93. The van der Waals surface area contributed by atoms with E-state index in [2.05, 4.69) is 0 Å². The minimum Gasteiger partial charge on any atom is -0.466 e. The van der Waals surface area contributed by atoms with Crippen molar-refractivity contribution in [1.29, 1.82) is 0 Å². The molecule has 0 radical (unpaired) electrons. The highest BCUT2D eigenvalue weighted by Crippen LogP contribution is 2.24. The van der Waals surface area contributed by atoms with Crippen LogP contribution in [0.2, 0.25) is 0 Å².